The van der Waals surface area contributed by atoms with E-state index in [0.717, 1.165) is 5.56 Å². The van der Waals surface area contributed by atoms with Gasteiger partial charge in [-0.15, -0.1) is 0 Å². The average molecular weight is 396 g/mol. The Balaban J connectivity index is 2.24. The third kappa shape index (κ3) is 3.88. The Labute approximate surface area is 150 Å². The number of carbonyl (C=O) groups excluding carboxylic acids is 1. The Bertz CT molecular complexity index is 629. The number of methoxy groups -OCH3 is 2. The van der Waals surface area contributed by atoms with Gasteiger partial charge in [0.25, 0.3) is 0 Å². The first-order chi connectivity index (χ1) is 11.6. The number of rotatable bonds is 7. The highest BCUT2D eigenvalue weighted by molar-refractivity contribution is 9.12. The summed E-state index contributed by atoms with van der Waals surface area (Å²) in [5, 5.41) is 0. The predicted octanol–water partition coefficient (Wildman–Crippen LogP) is 2.90. The summed E-state index contributed by atoms with van der Waals surface area (Å²) in [4.78, 5) is 12.8. The van der Waals surface area contributed by atoms with Gasteiger partial charge in [0.15, 0.2) is 5.60 Å². The van der Waals surface area contributed by atoms with Crippen molar-refractivity contribution >= 4 is 21.9 Å². The second kappa shape index (κ2) is 8.46. The van der Waals surface area contributed by atoms with Crippen LogP contribution in [0.3, 0.4) is 0 Å². The smallest absolute Gasteiger partial charge is 0.343 e. The lowest BCUT2D eigenvalue weighted by molar-refractivity contribution is -0.169. The normalized spacial score (nSPS) is 23.2. The SMILES string of the molecule is COC1=CC(CCN)C(OC)(C(=O)OCc2ccccc2)C=C1Br. The van der Waals surface area contributed by atoms with E-state index in [1.807, 2.05) is 36.4 Å². The fourth-order valence-electron chi connectivity index (χ4n) is 2.74. The highest BCUT2D eigenvalue weighted by Gasteiger charge is 2.47. The summed E-state index contributed by atoms with van der Waals surface area (Å²) in [6, 6.07) is 9.52. The van der Waals surface area contributed by atoms with Gasteiger partial charge in [-0.05, 0) is 46.6 Å². The zero-order chi connectivity index (χ0) is 17.6. The molecule has 2 N–H and O–H groups in total. The molecule has 1 aliphatic rings. The van der Waals surface area contributed by atoms with Crippen LogP contribution in [0.25, 0.3) is 0 Å². The Morgan fingerprint density at radius 2 is 2.00 bits per heavy atom. The number of allylic oxidation sites excluding steroid dienone is 1. The maximum absolute atomic E-state index is 12.8. The van der Waals surface area contributed by atoms with Gasteiger partial charge in [0.2, 0.25) is 0 Å². The average Bonchev–Trinajstić information content (AvgIpc) is 2.61. The minimum absolute atomic E-state index is 0.187. The van der Waals surface area contributed by atoms with Gasteiger partial charge in [-0.3, -0.25) is 0 Å². The molecule has 0 heterocycles. The van der Waals surface area contributed by atoms with E-state index >= 15 is 0 Å². The zero-order valence-corrected chi connectivity index (χ0v) is 15.4. The van der Waals surface area contributed by atoms with Crippen molar-refractivity contribution in [2.75, 3.05) is 20.8 Å². The molecule has 5 nitrogen and oxygen atoms in total. The summed E-state index contributed by atoms with van der Waals surface area (Å²) in [6.07, 6.45) is 4.11. The van der Waals surface area contributed by atoms with E-state index in [0.29, 0.717) is 23.2 Å². The summed E-state index contributed by atoms with van der Waals surface area (Å²) < 4.78 is 17.1. The molecule has 0 saturated heterocycles. The first-order valence-electron chi connectivity index (χ1n) is 7.68. The molecule has 0 amide bonds. The lowest BCUT2D eigenvalue weighted by atomic mass is 9.80. The molecule has 6 heteroatoms. The molecule has 24 heavy (non-hydrogen) atoms. The molecule has 2 unspecified atom stereocenters. The van der Waals surface area contributed by atoms with Crippen LogP contribution in [0.2, 0.25) is 0 Å². The Morgan fingerprint density at radius 3 is 2.58 bits per heavy atom. The highest BCUT2D eigenvalue weighted by Crippen LogP contribution is 2.39. The number of halogens is 1. The standard InChI is InChI=1S/C18H22BrNO4/c1-22-16-10-14(8-9-20)18(23-2,11-15(16)19)17(21)24-12-13-6-4-3-5-7-13/h3-7,10-11,14H,8-9,12,20H2,1-2H3. The molecule has 130 valence electrons. The number of benzene rings is 1. The van der Waals surface area contributed by atoms with Gasteiger partial charge >= 0.3 is 5.97 Å². The van der Waals surface area contributed by atoms with Crippen LogP contribution in [0.4, 0.5) is 0 Å². The fourth-order valence-corrected chi connectivity index (χ4v) is 3.37. The summed E-state index contributed by atoms with van der Waals surface area (Å²) in [5.41, 5.74) is 5.40. The molecule has 0 aromatic heterocycles. The molecule has 1 aromatic rings. The van der Waals surface area contributed by atoms with Crippen molar-refractivity contribution in [1.29, 1.82) is 0 Å². The van der Waals surface area contributed by atoms with E-state index < -0.39 is 11.6 Å². The molecular weight excluding hydrogens is 374 g/mol. The van der Waals surface area contributed by atoms with Crippen molar-refractivity contribution in [2.24, 2.45) is 11.7 Å². The molecule has 0 aliphatic heterocycles. The minimum Gasteiger partial charge on any atom is -0.496 e. The highest BCUT2D eigenvalue weighted by atomic mass is 79.9. The van der Waals surface area contributed by atoms with E-state index in [2.05, 4.69) is 15.9 Å². The molecule has 1 aliphatic carbocycles. The quantitative estimate of drug-likeness (QED) is 0.718. The van der Waals surface area contributed by atoms with Crippen LogP contribution in [0.5, 0.6) is 0 Å². The zero-order valence-electron chi connectivity index (χ0n) is 13.8. The summed E-state index contributed by atoms with van der Waals surface area (Å²) in [7, 11) is 3.07. The van der Waals surface area contributed by atoms with Crippen molar-refractivity contribution in [2.45, 2.75) is 18.6 Å². The van der Waals surface area contributed by atoms with Crippen molar-refractivity contribution in [1.82, 2.24) is 0 Å². The first kappa shape index (κ1) is 18.7. The van der Waals surface area contributed by atoms with Crippen LogP contribution in [0, 0.1) is 5.92 Å². The molecule has 0 saturated carbocycles. The minimum atomic E-state index is -1.23. The van der Waals surface area contributed by atoms with Gasteiger partial charge in [0.05, 0.1) is 11.6 Å². The van der Waals surface area contributed by atoms with Crippen LogP contribution in [0.1, 0.15) is 12.0 Å². The van der Waals surface area contributed by atoms with Gasteiger partial charge < -0.3 is 19.9 Å². The summed E-state index contributed by atoms with van der Waals surface area (Å²) in [5.74, 6) is -0.0698. The maximum atomic E-state index is 12.8. The Morgan fingerprint density at radius 1 is 1.29 bits per heavy atom. The van der Waals surface area contributed by atoms with E-state index in [9.17, 15) is 4.79 Å². The predicted molar refractivity (Wildman–Crippen MR) is 95.2 cm³/mol. The number of esters is 1. The number of hydrogen-bond donors (Lipinski definition) is 1. The lowest BCUT2D eigenvalue weighted by Crippen LogP contribution is -2.48. The summed E-state index contributed by atoms with van der Waals surface area (Å²) in [6.45, 7) is 0.604. The molecule has 0 spiro atoms. The topological polar surface area (TPSA) is 70.8 Å². The third-order valence-electron chi connectivity index (χ3n) is 4.05. The van der Waals surface area contributed by atoms with Gasteiger partial charge in [0, 0.05) is 13.0 Å². The lowest BCUT2D eigenvalue weighted by Gasteiger charge is -2.36. The van der Waals surface area contributed by atoms with Gasteiger partial charge in [0.1, 0.15) is 12.4 Å². The fraction of sp³-hybridized carbons (Fsp3) is 0.389. The molecule has 2 rings (SSSR count). The molecular formula is C18H22BrNO4. The molecule has 0 radical (unpaired) electrons. The number of carbonyl (C=O) groups is 1. The number of ether oxygens (including phenoxy) is 3. The van der Waals surface area contributed by atoms with Crippen LogP contribution in [-0.4, -0.2) is 32.3 Å². The Hall–Kier alpha value is -1.63. The Kier molecular flexibility index (Phi) is 6.60. The summed E-state index contributed by atoms with van der Waals surface area (Å²) >= 11 is 3.42. The second-order valence-electron chi connectivity index (χ2n) is 5.47. The van der Waals surface area contributed by atoms with Crippen molar-refractivity contribution < 1.29 is 19.0 Å². The van der Waals surface area contributed by atoms with Gasteiger partial charge in [-0.2, -0.15) is 0 Å². The van der Waals surface area contributed by atoms with Crippen LogP contribution >= 0.6 is 15.9 Å². The monoisotopic (exact) mass is 395 g/mol. The molecule has 1 aromatic carbocycles. The third-order valence-corrected chi connectivity index (χ3v) is 4.67. The first-order valence-corrected chi connectivity index (χ1v) is 8.47. The van der Waals surface area contributed by atoms with E-state index in [1.54, 1.807) is 13.2 Å². The largest absolute Gasteiger partial charge is 0.496 e. The number of nitrogens with two attached hydrogens (primary N) is 1. The maximum Gasteiger partial charge on any atom is 0.343 e. The van der Waals surface area contributed by atoms with Gasteiger partial charge in [-0.1, -0.05) is 30.3 Å². The van der Waals surface area contributed by atoms with E-state index in [-0.39, 0.29) is 12.5 Å². The van der Waals surface area contributed by atoms with Crippen LogP contribution in [-0.2, 0) is 25.6 Å². The van der Waals surface area contributed by atoms with Crippen LogP contribution < -0.4 is 5.73 Å². The van der Waals surface area contributed by atoms with Crippen LogP contribution in [0.15, 0.2) is 52.7 Å². The van der Waals surface area contributed by atoms with Crippen molar-refractivity contribution in [3.8, 4) is 0 Å². The molecule has 0 bridgehead atoms. The van der Waals surface area contributed by atoms with E-state index in [1.165, 1.54) is 7.11 Å². The van der Waals surface area contributed by atoms with Crippen molar-refractivity contribution in [3.05, 3.63) is 58.3 Å². The van der Waals surface area contributed by atoms with Crippen molar-refractivity contribution in [3.63, 3.8) is 0 Å². The van der Waals surface area contributed by atoms with Gasteiger partial charge in [-0.25, -0.2) is 4.79 Å². The van der Waals surface area contributed by atoms with E-state index in [4.69, 9.17) is 19.9 Å². The second-order valence-corrected chi connectivity index (χ2v) is 6.32. The molecule has 2 atom stereocenters. The number of hydrogen-bond acceptors (Lipinski definition) is 5. The molecule has 0 fully saturated rings.